The van der Waals surface area contributed by atoms with E-state index in [-0.39, 0.29) is 24.0 Å². The molecule has 5 rings (SSSR count). The molecule has 0 saturated heterocycles. The molecule has 4 aromatic rings. The summed E-state index contributed by atoms with van der Waals surface area (Å²) in [7, 11) is -0.403. The van der Waals surface area contributed by atoms with Gasteiger partial charge in [-0.2, -0.15) is 0 Å². The molecule has 0 N–H and O–H groups in total. The summed E-state index contributed by atoms with van der Waals surface area (Å²) in [5.41, 5.74) is 5.21. The molecular formula is C37H40N2O4Si. The van der Waals surface area contributed by atoms with Crippen molar-refractivity contribution in [3.05, 3.63) is 124 Å². The molecule has 0 saturated carbocycles. The number of benzene rings is 4. The molecule has 0 aromatic heterocycles. The third kappa shape index (κ3) is 5.90. The van der Waals surface area contributed by atoms with Gasteiger partial charge < -0.3 is 9.33 Å². The van der Waals surface area contributed by atoms with Crippen molar-refractivity contribution in [1.82, 2.24) is 4.90 Å². The second-order valence-corrected chi connectivity index (χ2v) is 15.0. The largest absolute Gasteiger partial charge is 0.403 e. The lowest BCUT2D eigenvalue weighted by molar-refractivity contribution is -0.118. The van der Waals surface area contributed by atoms with Gasteiger partial charge in [-0.1, -0.05) is 99.6 Å². The lowest BCUT2D eigenvalue weighted by Gasteiger charge is -2.38. The summed E-state index contributed by atoms with van der Waals surface area (Å²) in [5, 5.41) is 2.40. The second-order valence-electron chi connectivity index (χ2n) is 12.7. The minimum Gasteiger partial charge on any atom is -0.403 e. The molecule has 6 nitrogen and oxygen atoms in total. The summed E-state index contributed by atoms with van der Waals surface area (Å²) in [5.74, 6) is -1.22. The fraction of sp³-hybridized carbons (Fsp3) is 0.270. The van der Waals surface area contributed by atoms with Crippen LogP contribution in [0.15, 0.2) is 91.0 Å². The first-order valence-corrected chi connectivity index (χ1v) is 16.6. The Kier molecular flexibility index (Phi) is 8.73. The number of likely N-dealkylation sites (N-methyl/N-ethyl adjacent to an activating group) is 1. The van der Waals surface area contributed by atoms with Gasteiger partial charge in [0.2, 0.25) is 14.9 Å². The first kappa shape index (κ1) is 31.1. The van der Waals surface area contributed by atoms with Crippen LogP contribution in [0.1, 0.15) is 69.8 Å². The molecule has 0 radical (unpaired) electrons. The zero-order chi connectivity index (χ0) is 31.8. The SMILES string of the molecule is Cc1cc(C)c(N(C)C(=O)CN2C(=O)c3ccccc3C2=O)c(C)c1C(O[SiH](c1ccccc1)c1ccccc1)C(C)(C)C. The average molecular weight is 605 g/mol. The number of amides is 3. The van der Waals surface area contributed by atoms with Gasteiger partial charge in [0.05, 0.1) is 17.2 Å². The van der Waals surface area contributed by atoms with Gasteiger partial charge in [0.15, 0.2) is 0 Å². The minimum atomic E-state index is -2.12. The van der Waals surface area contributed by atoms with Crippen LogP contribution in [0.3, 0.4) is 0 Å². The predicted molar refractivity (Wildman–Crippen MR) is 178 cm³/mol. The number of anilines is 1. The van der Waals surface area contributed by atoms with Gasteiger partial charge >= 0.3 is 0 Å². The molecular weight excluding hydrogens is 565 g/mol. The first-order valence-electron chi connectivity index (χ1n) is 15.0. The standard InChI is InChI=1S/C37H40N2O4Si/c1-24-22-25(2)33(38(7)31(40)23-39-35(41)29-20-14-15-21-30(29)36(39)42)26(3)32(24)34(37(4,5)6)43-44(27-16-10-8-11-17-27)28-18-12-9-13-19-28/h8-22,34,44H,23H2,1-7H3. The Morgan fingerprint density at radius 2 is 1.27 bits per heavy atom. The maximum absolute atomic E-state index is 13.7. The van der Waals surface area contributed by atoms with Crippen LogP contribution in [-0.2, 0) is 9.22 Å². The Labute approximate surface area is 262 Å². The molecule has 0 bridgehead atoms. The number of rotatable bonds is 8. The monoisotopic (exact) mass is 604 g/mol. The number of hydrogen-bond donors (Lipinski definition) is 0. The zero-order valence-electron chi connectivity index (χ0n) is 26.5. The van der Waals surface area contributed by atoms with Crippen molar-refractivity contribution in [2.45, 2.75) is 47.6 Å². The third-order valence-corrected chi connectivity index (χ3v) is 10.9. The summed E-state index contributed by atoms with van der Waals surface area (Å²) >= 11 is 0. The molecule has 1 atom stereocenters. The number of nitrogens with zero attached hydrogens (tertiary/aromatic N) is 2. The molecule has 0 spiro atoms. The van der Waals surface area contributed by atoms with E-state index in [1.807, 2.05) is 26.0 Å². The van der Waals surface area contributed by atoms with E-state index in [9.17, 15) is 14.4 Å². The highest BCUT2D eigenvalue weighted by Gasteiger charge is 2.38. The number of fused-ring (bicyclic) bond motifs is 1. The molecule has 226 valence electrons. The maximum Gasteiger partial charge on any atom is 0.262 e. The Hall–Kier alpha value is -4.33. The second kappa shape index (κ2) is 12.3. The van der Waals surface area contributed by atoms with Crippen molar-refractivity contribution in [2.75, 3.05) is 18.5 Å². The van der Waals surface area contributed by atoms with E-state index in [1.165, 1.54) is 10.4 Å². The summed E-state index contributed by atoms with van der Waals surface area (Å²) in [6.45, 7) is 12.4. The van der Waals surface area contributed by atoms with Crippen LogP contribution < -0.4 is 15.3 Å². The van der Waals surface area contributed by atoms with Gasteiger partial charge in [-0.3, -0.25) is 19.3 Å². The van der Waals surface area contributed by atoms with Crippen molar-refractivity contribution < 1.29 is 18.8 Å². The Balaban J connectivity index is 1.52. The predicted octanol–water partition coefficient (Wildman–Crippen LogP) is 5.51. The molecule has 1 heterocycles. The van der Waals surface area contributed by atoms with E-state index in [0.717, 1.165) is 32.8 Å². The summed E-state index contributed by atoms with van der Waals surface area (Å²) in [6, 6.07) is 29.7. The average Bonchev–Trinajstić information content (AvgIpc) is 3.23. The number of carbonyl (C=O) groups is 3. The van der Waals surface area contributed by atoms with Gasteiger partial charge in [0.25, 0.3) is 11.8 Å². The molecule has 1 unspecified atom stereocenters. The molecule has 1 aliphatic heterocycles. The van der Waals surface area contributed by atoms with Gasteiger partial charge in [-0.15, -0.1) is 0 Å². The Morgan fingerprint density at radius 1 is 0.795 bits per heavy atom. The maximum atomic E-state index is 13.7. The Morgan fingerprint density at radius 3 is 1.75 bits per heavy atom. The van der Waals surface area contributed by atoms with E-state index in [2.05, 4.69) is 82.3 Å². The minimum absolute atomic E-state index is 0.264. The summed E-state index contributed by atoms with van der Waals surface area (Å²) in [6.07, 6.45) is -0.265. The van der Waals surface area contributed by atoms with Crippen molar-refractivity contribution in [2.24, 2.45) is 5.41 Å². The zero-order valence-corrected chi connectivity index (χ0v) is 27.7. The molecule has 0 aliphatic carbocycles. The van der Waals surface area contributed by atoms with Crippen molar-refractivity contribution in [3.63, 3.8) is 0 Å². The van der Waals surface area contributed by atoms with E-state index in [1.54, 1.807) is 36.2 Å². The van der Waals surface area contributed by atoms with E-state index >= 15 is 0 Å². The lowest BCUT2D eigenvalue weighted by atomic mass is 9.80. The Bertz CT molecular complexity index is 1640. The van der Waals surface area contributed by atoms with E-state index in [4.69, 9.17) is 4.43 Å². The van der Waals surface area contributed by atoms with Crippen molar-refractivity contribution in [1.29, 1.82) is 0 Å². The van der Waals surface area contributed by atoms with Crippen LogP contribution in [0.5, 0.6) is 0 Å². The van der Waals surface area contributed by atoms with Crippen LogP contribution in [-0.4, -0.2) is 45.3 Å². The van der Waals surface area contributed by atoms with Crippen molar-refractivity contribution in [3.8, 4) is 0 Å². The van der Waals surface area contributed by atoms with Crippen LogP contribution in [0.2, 0.25) is 0 Å². The van der Waals surface area contributed by atoms with Crippen LogP contribution in [0.25, 0.3) is 0 Å². The normalized spacial score (nSPS) is 13.8. The smallest absolute Gasteiger partial charge is 0.262 e. The molecule has 3 amide bonds. The molecule has 44 heavy (non-hydrogen) atoms. The fourth-order valence-electron chi connectivity index (χ4n) is 6.30. The molecule has 4 aromatic carbocycles. The highest BCUT2D eigenvalue weighted by atomic mass is 28.3. The first-order chi connectivity index (χ1) is 20.9. The molecule has 1 aliphatic rings. The topological polar surface area (TPSA) is 66.9 Å². The fourth-order valence-corrected chi connectivity index (χ4v) is 8.96. The van der Waals surface area contributed by atoms with Gasteiger partial charge in [-0.25, -0.2) is 0 Å². The highest BCUT2D eigenvalue weighted by molar-refractivity contribution is 6.80. The number of imide groups is 1. The van der Waals surface area contributed by atoms with Crippen LogP contribution in [0.4, 0.5) is 5.69 Å². The number of carbonyl (C=O) groups excluding carboxylic acids is 3. The highest BCUT2D eigenvalue weighted by Crippen LogP contribution is 2.43. The lowest BCUT2D eigenvalue weighted by Crippen LogP contribution is -2.47. The summed E-state index contributed by atoms with van der Waals surface area (Å²) < 4.78 is 7.28. The summed E-state index contributed by atoms with van der Waals surface area (Å²) in [4.78, 5) is 42.3. The number of hydrogen-bond acceptors (Lipinski definition) is 4. The quantitative estimate of drug-likeness (QED) is 0.197. The van der Waals surface area contributed by atoms with E-state index < -0.39 is 20.9 Å². The van der Waals surface area contributed by atoms with E-state index in [0.29, 0.717) is 11.1 Å². The van der Waals surface area contributed by atoms with Crippen molar-refractivity contribution >= 4 is 42.8 Å². The molecule has 7 heteroatoms. The van der Waals surface area contributed by atoms with Gasteiger partial charge in [0, 0.05) is 12.7 Å². The van der Waals surface area contributed by atoms with Crippen LogP contribution >= 0.6 is 0 Å². The van der Waals surface area contributed by atoms with Gasteiger partial charge in [0.1, 0.15) is 6.54 Å². The van der Waals surface area contributed by atoms with Gasteiger partial charge in [-0.05, 0) is 70.9 Å². The molecule has 0 fully saturated rings. The third-order valence-electron chi connectivity index (χ3n) is 8.40. The number of aryl methyl sites for hydroxylation is 2. The van der Waals surface area contributed by atoms with Crippen LogP contribution in [0, 0.1) is 26.2 Å².